The lowest BCUT2D eigenvalue weighted by Crippen LogP contribution is -2.61. The third-order valence-electron chi connectivity index (χ3n) is 6.00. The van der Waals surface area contributed by atoms with Gasteiger partial charge in [-0.1, -0.05) is 0 Å². The van der Waals surface area contributed by atoms with E-state index in [0.717, 1.165) is 42.5 Å². The molecular formula is C26H24O16. The van der Waals surface area contributed by atoms with Crippen molar-refractivity contribution in [3.8, 4) is 51.7 Å². The van der Waals surface area contributed by atoms with Gasteiger partial charge in [0, 0.05) is 18.2 Å². The molecule has 3 aromatic rings. The predicted octanol–water partition coefficient (Wildman–Crippen LogP) is 0.239. The smallest absolute Gasteiger partial charge is 0.338 e. The highest BCUT2D eigenvalue weighted by molar-refractivity contribution is 5.91. The van der Waals surface area contributed by atoms with E-state index in [-0.39, 0.29) is 5.75 Å². The van der Waals surface area contributed by atoms with E-state index in [2.05, 4.69) is 0 Å². The summed E-state index contributed by atoms with van der Waals surface area (Å²) in [5.41, 5.74) is -0.912. The molecule has 0 aromatic heterocycles. The number of benzene rings is 3. The van der Waals surface area contributed by atoms with Crippen LogP contribution in [0.3, 0.4) is 0 Å². The molecule has 1 fully saturated rings. The molecule has 5 atom stereocenters. The van der Waals surface area contributed by atoms with Gasteiger partial charge in [0.2, 0.25) is 6.29 Å². The number of esters is 2. The Kier molecular flexibility index (Phi) is 8.23. The zero-order valence-corrected chi connectivity index (χ0v) is 21.1. The summed E-state index contributed by atoms with van der Waals surface area (Å²) in [5.74, 6) is -8.80. The van der Waals surface area contributed by atoms with Crippen LogP contribution in [0.1, 0.15) is 20.7 Å². The number of hydrogen-bond acceptors (Lipinski definition) is 16. The van der Waals surface area contributed by atoms with Crippen molar-refractivity contribution in [2.45, 2.75) is 30.7 Å². The molecule has 0 aliphatic carbocycles. The van der Waals surface area contributed by atoms with Gasteiger partial charge in [-0.2, -0.15) is 0 Å². The highest BCUT2D eigenvalue weighted by atomic mass is 16.7. The minimum atomic E-state index is -1.97. The van der Waals surface area contributed by atoms with E-state index in [1.165, 1.54) is 0 Å². The van der Waals surface area contributed by atoms with Crippen LogP contribution in [0.15, 0.2) is 42.5 Å². The molecular weight excluding hydrogens is 568 g/mol. The van der Waals surface area contributed by atoms with E-state index < -0.39 is 106 Å². The van der Waals surface area contributed by atoms with Gasteiger partial charge in [0.15, 0.2) is 46.7 Å². The summed E-state index contributed by atoms with van der Waals surface area (Å²) in [5, 5.41) is 98.9. The fourth-order valence-corrected chi connectivity index (χ4v) is 3.92. The maximum absolute atomic E-state index is 12.8. The Morgan fingerprint density at radius 2 is 1.14 bits per heavy atom. The molecule has 3 aromatic carbocycles. The van der Waals surface area contributed by atoms with Gasteiger partial charge in [0.05, 0.1) is 11.1 Å². The van der Waals surface area contributed by atoms with Gasteiger partial charge in [0.1, 0.15) is 36.1 Å². The van der Waals surface area contributed by atoms with Crippen LogP contribution in [-0.4, -0.2) is 100 Å². The van der Waals surface area contributed by atoms with Gasteiger partial charge in [-0.3, -0.25) is 0 Å². The molecule has 10 N–H and O–H groups in total. The lowest BCUT2D eigenvalue weighted by Gasteiger charge is -2.41. The van der Waals surface area contributed by atoms with E-state index in [4.69, 9.17) is 18.9 Å². The highest BCUT2D eigenvalue weighted by Gasteiger charge is 2.49. The second-order valence-corrected chi connectivity index (χ2v) is 9.02. The van der Waals surface area contributed by atoms with Crippen molar-refractivity contribution in [2.75, 3.05) is 6.61 Å². The monoisotopic (exact) mass is 592 g/mol. The van der Waals surface area contributed by atoms with Crippen molar-refractivity contribution in [3.63, 3.8) is 0 Å². The van der Waals surface area contributed by atoms with Crippen LogP contribution in [0.4, 0.5) is 0 Å². The molecule has 1 heterocycles. The molecule has 224 valence electrons. The summed E-state index contributed by atoms with van der Waals surface area (Å²) in [6, 6.07) is 6.08. The number of ether oxygens (including phenoxy) is 4. The molecule has 16 heteroatoms. The Morgan fingerprint density at radius 1 is 0.667 bits per heavy atom. The quantitative estimate of drug-likeness (QED) is 0.130. The SMILES string of the molecule is O=C(OCC1OC(Oc2cc(O)cc(O)c2)C(O)C(OC(=O)c2cc(O)c(O)c(O)c2)C1O)c1cc(O)c(O)c(O)c1. The molecule has 4 rings (SSSR count). The fraction of sp³-hybridized carbons (Fsp3) is 0.231. The van der Waals surface area contributed by atoms with Crippen molar-refractivity contribution in [3.05, 3.63) is 53.6 Å². The molecule has 1 aliphatic heterocycles. The lowest BCUT2D eigenvalue weighted by molar-refractivity contribution is -0.276. The van der Waals surface area contributed by atoms with Gasteiger partial charge < -0.3 is 70.0 Å². The Bertz CT molecular complexity index is 1440. The van der Waals surface area contributed by atoms with Gasteiger partial charge in [0.25, 0.3) is 0 Å². The van der Waals surface area contributed by atoms with Crippen LogP contribution in [-0.2, 0) is 14.2 Å². The summed E-state index contributed by atoms with van der Waals surface area (Å²) in [4.78, 5) is 25.3. The lowest BCUT2D eigenvalue weighted by atomic mass is 9.98. The molecule has 0 radical (unpaired) electrons. The Morgan fingerprint density at radius 3 is 1.64 bits per heavy atom. The van der Waals surface area contributed by atoms with Crippen LogP contribution in [0.5, 0.6) is 51.7 Å². The van der Waals surface area contributed by atoms with Crippen LogP contribution >= 0.6 is 0 Å². The molecule has 0 bridgehead atoms. The maximum atomic E-state index is 12.8. The second kappa shape index (κ2) is 11.7. The second-order valence-electron chi connectivity index (χ2n) is 9.02. The van der Waals surface area contributed by atoms with E-state index in [1.54, 1.807) is 0 Å². The van der Waals surface area contributed by atoms with E-state index in [1.807, 2.05) is 0 Å². The fourth-order valence-electron chi connectivity index (χ4n) is 3.92. The topological polar surface area (TPSA) is 273 Å². The first-order valence-corrected chi connectivity index (χ1v) is 11.8. The molecule has 0 spiro atoms. The molecule has 16 nitrogen and oxygen atoms in total. The zero-order valence-electron chi connectivity index (χ0n) is 21.1. The summed E-state index contributed by atoms with van der Waals surface area (Å²) in [6.07, 6.45) is -9.15. The zero-order chi connectivity index (χ0) is 30.9. The van der Waals surface area contributed by atoms with Crippen LogP contribution in [0.2, 0.25) is 0 Å². The van der Waals surface area contributed by atoms with Crippen LogP contribution in [0, 0.1) is 0 Å². The first kappa shape index (κ1) is 29.7. The number of phenols is 8. The summed E-state index contributed by atoms with van der Waals surface area (Å²) in [7, 11) is 0. The van der Waals surface area contributed by atoms with Crippen molar-refractivity contribution >= 4 is 11.9 Å². The molecule has 42 heavy (non-hydrogen) atoms. The van der Waals surface area contributed by atoms with Gasteiger partial charge >= 0.3 is 11.9 Å². The number of aliphatic hydroxyl groups excluding tert-OH is 2. The Labute approximate surface area is 234 Å². The number of carbonyl (C=O) groups is 2. The summed E-state index contributed by atoms with van der Waals surface area (Å²) in [6.45, 7) is -0.797. The van der Waals surface area contributed by atoms with Gasteiger partial charge in [-0.05, 0) is 24.3 Å². The third-order valence-corrected chi connectivity index (χ3v) is 6.00. The number of hydrogen-bond donors (Lipinski definition) is 10. The maximum Gasteiger partial charge on any atom is 0.338 e. The minimum absolute atomic E-state index is 0.239. The third kappa shape index (κ3) is 6.20. The van der Waals surface area contributed by atoms with Crippen LogP contribution < -0.4 is 4.74 Å². The molecule has 1 aliphatic rings. The number of carbonyl (C=O) groups excluding carboxylic acids is 2. The number of phenolic OH excluding ortho intramolecular Hbond substituents is 8. The van der Waals surface area contributed by atoms with E-state index in [9.17, 15) is 60.7 Å². The average molecular weight is 592 g/mol. The summed E-state index contributed by atoms with van der Waals surface area (Å²) < 4.78 is 21.2. The molecule has 5 unspecified atom stereocenters. The largest absolute Gasteiger partial charge is 0.508 e. The first-order chi connectivity index (χ1) is 19.7. The van der Waals surface area contributed by atoms with Crippen molar-refractivity contribution in [1.29, 1.82) is 0 Å². The molecule has 1 saturated heterocycles. The van der Waals surface area contributed by atoms with Crippen molar-refractivity contribution in [2.24, 2.45) is 0 Å². The standard InChI is InChI=1S/C26H24O16/c27-11-5-12(28)7-13(6-11)40-26-22(36)23(42-25(38)10-3-16(31)20(34)17(32)4-10)21(35)18(41-26)8-39-24(37)9-1-14(29)19(33)15(30)2-9/h1-7,18,21-23,26-36H,8H2. The summed E-state index contributed by atoms with van der Waals surface area (Å²) >= 11 is 0. The molecule has 0 saturated carbocycles. The average Bonchev–Trinajstić information content (AvgIpc) is 2.92. The van der Waals surface area contributed by atoms with Crippen molar-refractivity contribution < 1.29 is 79.6 Å². The highest BCUT2D eigenvalue weighted by Crippen LogP contribution is 2.37. The first-order valence-electron chi connectivity index (χ1n) is 11.8. The van der Waals surface area contributed by atoms with E-state index >= 15 is 0 Å². The predicted molar refractivity (Wildman–Crippen MR) is 133 cm³/mol. The minimum Gasteiger partial charge on any atom is -0.508 e. The number of rotatable bonds is 7. The number of aromatic hydroxyl groups is 8. The Hall–Kier alpha value is -5.32. The van der Waals surface area contributed by atoms with E-state index in [0.29, 0.717) is 0 Å². The normalized spacial score (nSPS) is 21.8. The number of aliphatic hydroxyl groups is 2. The van der Waals surface area contributed by atoms with Gasteiger partial charge in [-0.25, -0.2) is 9.59 Å². The van der Waals surface area contributed by atoms with Gasteiger partial charge in [-0.15, -0.1) is 0 Å². The Balaban J connectivity index is 1.58. The van der Waals surface area contributed by atoms with Crippen LogP contribution in [0.25, 0.3) is 0 Å². The van der Waals surface area contributed by atoms with Crippen molar-refractivity contribution in [1.82, 2.24) is 0 Å². The molecule has 0 amide bonds.